The molecule has 0 atom stereocenters. The zero-order valence-electron chi connectivity index (χ0n) is 68.2. The Morgan fingerprint density at radius 3 is 0.926 bits per heavy atom. The molecule has 0 fully saturated rings. The van der Waals surface area contributed by atoms with Crippen molar-refractivity contribution in [2.75, 3.05) is 0 Å². The standard InChI is InChI=1S/C60H43NS.C57H39NS/c1-59(2)51-20-9-5-14-43(51)45-27-24-37(34-53(45)59)39-30-38(31-40(32-39)42-18-13-19-49-48-17-8-12-23-57(48)62-58(42)49)36-25-29-56-50(33-36)47-16-7-11-22-55(47)61(56)41-26-28-46-44-15-6-10-21-52(44)60(3,4)54(46)35-41;1-57(2)51-20-9-6-15-45(51)46-29-28-43(35-52(46)57)58-53-21-10-7-16-47(53)50-34-39(27-30-54(50)58)41-31-40(38-25-23-37(24-26-38)36-13-4-3-5-14-36)32-42(33-41)44-18-12-19-49-48-17-8-11-22-55(48)59-56(44)49/h5-35H,1-4H3;3-35H,1-2H3. The van der Waals surface area contributed by atoms with Crippen LogP contribution in [0.1, 0.15) is 74.9 Å². The zero-order chi connectivity index (χ0) is 80.7. The van der Waals surface area contributed by atoms with Crippen molar-refractivity contribution in [2.45, 2.75) is 57.8 Å². The number of hydrogen-bond acceptors (Lipinski definition) is 2. The number of para-hydroxylation sites is 2. The first-order chi connectivity index (χ1) is 59.2. The van der Waals surface area contributed by atoms with Crippen LogP contribution in [0.5, 0.6) is 0 Å². The van der Waals surface area contributed by atoms with Gasteiger partial charge >= 0.3 is 0 Å². The van der Waals surface area contributed by atoms with Gasteiger partial charge in [-0.25, -0.2) is 0 Å². The van der Waals surface area contributed by atoms with E-state index in [9.17, 15) is 0 Å². The fourth-order valence-electron chi connectivity index (χ4n) is 21.1. The topological polar surface area (TPSA) is 9.86 Å². The van der Waals surface area contributed by atoms with E-state index in [0.29, 0.717) is 0 Å². The van der Waals surface area contributed by atoms with E-state index >= 15 is 0 Å². The van der Waals surface area contributed by atoms with Crippen LogP contribution < -0.4 is 0 Å². The molecular weight excluding hydrogens is 1500 g/mol. The molecule has 0 saturated carbocycles. The van der Waals surface area contributed by atoms with E-state index in [1.807, 2.05) is 22.7 Å². The highest BCUT2D eigenvalue weighted by molar-refractivity contribution is 7.26. The summed E-state index contributed by atoms with van der Waals surface area (Å²) >= 11 is 3.79. The monoisotopic (exact) mass is 1580 g/mol. The van der Waals surface area contributed by atoms with E-state index in [1.165, 1.54) is 240 Å². The quantitative estimate of drug-likeness (QED) is 0.136. The molecule has 22 aromatic rings. The fourth-order valence-corrected chi connectivity index (χ4v) is 23.6. The molecule has 0 bridgehead atoms. The predicted octanol–water partition coefficient (Wildman–Crippen LogP) is 32.9. The van der Waals surface area contributed by atoms with Crippen LogP contribution in [0.25, 0.3) is 207 Å². The molecule has 121 heavy (non-hydrogen) atoms. The molecule has 0 N–H and O–H groups in total. The van der Waals surface area contributed by atoms with Gasteiger partial charge < -0.3 is 9.13 Å². The second kappa shape index (κ2) is 27.0. The molecule has 18 aromatic carbocycles. The molecule has 3 aliphatic rings. The minimum Gasteiger partial charge on any atom is -0.309 e. The van der Waals surface area contributed by atoms with E-state index in [-0.39, 0.29) is 16.2 Å². The Bertz CT molecular complexity index is 8110. The minimum absolute atomic E-state index is 0.0708. The molecule has 0 aliphatic heterocycles. The Hall–Kier alpha value is -14.0. The smallest absolute Gasteiger partial charge is 0.0541 e. The van der Waals surface area contributed by atoms with Crippen molar-refractivity contribution in [2.24, 2.45) is 0 Å². The Labute approximate surface area is 712 Å². The molecule has 572 valence electrons. The maximum absolute atomic E-state index is 2.47. The van der Waals surface area contributed by atoms with Gasteiger partial charge in [0.1, 0.15) is 0 Å². The first-order valence-corrected chi connectivity index (χ1v) is 44.0. The molecule has 0 amide bonds. The van der Waals surface area contributed by atoms with E-state index in [2.05, 4.69) is 439 Å². The van der Waals surface area contributed by atoms with Gasteiger partial charge in [-0.2, -0.15) is 0 Å². The normalized spacial score (nSPS) is 13.7. The number of benzene rings is 18. The third-order valence-corrected chi connectivity index (χ3v) is 29.6. The largest absolute Gasteiger partial charge is 0.309 e. The van der Waals surface area contributed by atoms with Gasteiger partial charge in [-0.1, -0.05) is 315 Å². The molecule has 4 heterocycles. The van der Waals surface area contributed by atoms with Crippen molar-refractivity contribution < 1.29 is 0 Å². The maximum Gasteiger partial charge on any atom is 0.0541 e. The molecule has 0 spiro atoms. The molecule has 0 radical (unpaired) electrons. The lowest BCUT2D eigenvalue weighted by Gasteiger charge is -2.22. The average Bonchev–Trinajstić information content (AvgIpc) is 1.57. The first kappa shape index (κ1) is 71.1. The van der Waals surface area contributed by atoms with Crippen molar-refractivity contribution in [1.82, 2.24) is 9.13 Å². The van der Waals surface area contributed by atoms with Gasteiger partial charge in [0, 0.05) is 89.5 Å². The molecular formula is C117H82N2S2. The van der Waals surface area contributed by atoms with Crippen LogP contribution in [0.15, 0.2) is 388 Å². The maximum atomic E-state index is 2.47. The van der Waals surface area contributed by atoms with E-state index in [1.54, 1.807) is 0 Å². The second-order valence-electron chi connectivity index (χ2n) is 35.0. The molecule has 4 heteroatoms. The summed E-state index contributed by atoms with van der Waals surface area (Å²) in [6.07, 6.45) is 0. The van der Waals surface area contributed by atoms with Crippen molar-refractivity contribution in [1.29, 1.82) is 0 Å². The van der Waals surface area contributed by atoms with Gasteiger partial charge in [-0.05, 0) is 260 Å². The lowest BCUT2D eigenvalue weighted by molar-refractivity contribution is 0.660. The van der Waals surface area contributed by atoms with Crippen LogP contribution in [0, 0.1) is 0 Å². The first-order valence-electron chi connectivity index (χ1n) is 42.3. The second-order valence-corrected chi connectivity index (χ2v) is 37.1. The van der Waals surface area contributed by atoms with Gasteiger partial charge in [0.2, 0.25) is 0 Å². The van der Waals surface area contributed by atoms with Gasteiger partial charge in [-0.3, -0.25) is 0 Å². The summed E-state index contributed by atoms with van der Waals surface area (Å²) in [5.74, 6) is 0. The van der Waals surface area contributed by atoms with E-state index in [4.69, 9.17) is 0 Å². The fraction of sp³-hybridized carbons (Fsp3) is 0.0769. The number of hydrogen-bond donors (Lipinski definition) is 0. The summed E-state index contributed by atoms with van der Waals surface area (Å²) in [7, 11) is 0. The zero-order valence-corrected chi connectivity index (χ0v) is 69.8. The van der Waals surface area contributed by atoms with Crippen LogP contribution in [0.3, 0.4) is 0 Å². The van der Waals surface area contributed by atoms with Crippen LogP contribution in [-0.4, -0.2) is 9.13 Å². The Kier molecular flexibility index (Phi) is 15.9. The van der Waals surface area contributed by atoms with Gasteiger partial charge in [0.05, 0.1) is 22.1 Å². The Morgan fingerprint density at radius 1 is 0.174 bits per heavy atom. The summed E-state index contributed by atoms with van der Waals surface area (Å²) in [6.45, 7) is 14.2. The van der Waals surface area contributed by atoms with E-state index in [0.717, 1.165) is 0 Å². The highest BCUT2D eigenvalue weighted by Gasteiger charge is 2.39. The Balaban J connectivity index is 0.000000137. The molecule has 25 rings (SSSR count). The predicted molar refractivity (Wildman–Crippen MR) is 518 cm³/mol. The summed E-state index contributed by atoms with van der Waals surface area (Å²) in [5, 5.41) is 10.3. The van der Waals surface area contributed by atoms with Crippen molar-refractivity contribution >= 4 is 107 Å². The molecule has 2 nitrogen and oxygen atoms in total. The highest BCUT2D eigenvalue weighted by atomic mass is 32.1. The third-order valence-electron chi connectivity index (χ3n) is 27.2. The minimum atomic E-state index is -0.0805. The van der Waals surface area contributed by atoms with Crippen LogP contribution in [0.2, 0.25) is 0 Å². The summed E-state index contributed by atoms with van der Waals surface area (Å²) < 4.78 is 10.2. The summed E-state index contributed by atoms with van der Waals surface area (Å²) in [6, 6.07) is 145. The molecule has 4 aromatic heterocycles. The van der Waals surface area contributed by atoms with Crippen LogP contribution in [-0.2, 0) is 16.2 Å². The molecule has 0 saturated heterocycles. The van der Waals surface area contributed by atoms with Crippen molar-refractivity contribution in [3.05, 3.63) is 422 Å². The number of rotatable bonds is 9. The lowest BCUT2D eigenvalue weighted by atomic mass is 9.81. The van der Waals surface area contributed by atoms with Gasteiger partial charge in [0.25, 0.3) is 0 Å². The molecule has 0 unspecified atom stereocenters. The summed E-state index contributed by atoms with van der Waals surface area (Å²) in [5.41, 5.74) is 40.7. The van der Waals surface area contributed by atoms with Gasteiger partial charge in [0.15, 0.2) is 0 Å². The number of nitrogens with zero attached hydrogens (tertiary/aromatic N) is 2. The number of thiophene rings is 2. The van der Waals surface area contributed by atoms with Crippen LogP contribution >= 0.6 is 22.7 Å². The van der Waals surface area contributed by atoms with Crippen LogP contribution in [0.4, 0.5) is 0 Å². The average molecular weight is 1580 g/mol. The molecule has 3 aliphatic carbocycles. The van der Waals surface area contributed by atoms with Crippen molar-refractivity contribution in [3.8, 4) is 123 Å². The highest BCUT2D eigenvalue weighted by Crippen LogP contribution is 2.55. The number of fused-ring (bicyclic) bond motifs is 21. The lowest BCUT2D eigenvalue weighted by Crippen LogP contribution is -2.15. The van der Waals surface area contributed by atoms with Crippen molar-refractivity contribution in [3.63, 3.8) is 0 Å². The summed E-state index contributed by atoms with van der Waals surface area (Å²) in [4.78, 5) is 0. The van der Waals surface area contributed by atoms with E-state index < -0.39 is 0 Å². The number of aromatic nitrogens is 2. The third kappa shape index (κ3) is 11.1. The SMILES string of the molecule is CC1(C)c2ccccc2-c2ccc(-c3cc(-c4ccc5c(c4)c4ccccc4n5-c4ccc5c(c4)C(C)(C)c4ccccc4-5)cc(-c4cccc5c4sc4ccccc45)c3)cc21.CC1(C)c2ccccc2-c2ccc(-n3c4ccccc4c4cc(-c5cc(-c6ccc(-c7ccccc7)cc6)cc(-c6cccc7c6sc6ccccc67)c5)ccc43)cc21. The Morgan fingerprint density at radius 2 is 0.471 bits per heavy atom. The van der Waals surface area contributed by atoms with Gasteiger partial charge in [-0.15, -0.1) is 22.7 Å².